The summed E-state index contributed by atoms with van der Waals surface area (Å²) in [7, 11) is 0. The van der Waals surface area contributed by atoms with Crippen molar-refractivity contribution in [3.63, 3.8) is 0 Å². The van der Waals surface area contributed by atoms with Crippen molar-refractivity contribution in [2.75, 3.05) is 18.5 Å². The maximum absolute atomic E-state index is 14.0. The Labute approximate surface area is 201 Å². The second-order valence-corrected chi connectivity index (χ2v) is 9.94. The summed E-state index contributed by atoms with van der Waals surface area (Å²) < 4.78 is 11.7. The third-order valence-electron chi connectivity index (χ3n) is 8.12. The summed E-state index contributed by atoms with van der Waals surface area (Å²) in [6.07, 6.45) is 1.37. The van der Waals surface area contributed by atoms with Gasteiger partial charge in [-0.3, -0.25) is 14.4 Å². The predicted molar refractivity (Wildman–Crippen MR) is 126 cm³/mol. The average molecular weight is 473 g/mol. The van der Waals surface area contributed by atoms with Crippen LogP contribution in [-0.4, -0.2) is 64.8 Å². The minimum absolute atomic E-state index is 0.0436. The van der Waals surface area contributed by atoms with Crippen LogP contribution in [0.15, 0.2) is 18.2 Å². The third-order valence-corrected chi connectivity index (χ3v) is 8.12. The predicted octanol–water partition coefficient (Wildman–Crippen LogP) is 2.59. The molecule has 2 N–H and O–H groups in total. The first-order valence-corrected chi connectivity index (χ1v) is 12.4. The fraction of sp³-hybridized carbons (Fsp3) is 0.654. The zero-order chi connectivity index (χ0) is 24.8. The molecule has 0 unspecified atom stereocenters. The first-order valence-electron chi connectivity index (χ1n) is 12.4. The fourth-order valence-electron chi connectivity index (χ4n) is 6.27. The lowest BCUT2D eigenvalue weighted by molar-refractivity contribution is -0.155. The highest BCUT2D eigenvalue weighted by atomic mass is 16.6. The van der Waals surface area contributed by atoms with Crippen LogP contribution in [0.3, 0.4) is 0 Å². The quantitative estimate of drug-likeness (QED) is 0.564. The maximum atomic E-state index is 14.0. The molecule has 3 saturated heterocycles. The molecule has 2 bridgehead atoms. The number of likely N-dealkylation sites (tertiary alicyclic amines) is 1. The summed E-state index contributed by atoms with van der Waals surface area (Å²) >= 11 is 0. The fourth-order valence-corrected chi connectivity index (χ4v) is 6.27. The van der Waals surface area contributed by atoms with Crippen molar-refractivity contribution in [1.29, 1.82) is 0 Å². The number of aliphatic hydroxyl groups excluding tert-OH is 1. The van der Waals surface area contributed by atoms with E-state index in [1.807, 2.05) is 45.9 Å². The Balaban J connectivity index is 1.78. The van der Waals surface area contributed by atoms with Crippen LogP contribution in [0.25, 0.3) is 0 Å². The van der Waals surface area contributed by atoms with E-state index in [4.69, 9.17) is 9.47 Å². The molecule has 1 aromatic carbocycles. The molecule has 1 spiro atoms. The molecule has 0 aliphatic carbocycles. The summed E-state index contributed by atoms with van der Waals surface area (Å²) in [6, 6.07) is 4.27. The smallest absolute Gasteiger partial charge is 0.312 e. The highest BCUT2D eigenvalue weighted by Gasteiger charge is 2.75. The zero-order valence-corrected chi connectivity index (χ0v) is 20.7. The molecule has 2 amide bonds. The maximum Gasteiger partial charge on any atom is 0.312 e. The molecule has 8 nitrogen and oxygen atoms in total. The number of esters is 1. The Morgan fingerprint density at radius 3 is 2.56 bits per heavy atom. The first-order chi connectivity index (χ1) is 16.2. The van der Waals surface area contributed by atoms with Crippen molar-refractivity contribution < 1.29 is 29.0 Å². The largest absolute Gasteiger partial charge is 0.466 e. The lowest BCUT2D eigenvalue weighted by Gasteiger charge is -2.39. The normalized spacial score (nSPS) is 31.4. The van der Waals surface area contributed by atoms with Crippen molar-refractivity contribution >= 4 is 23.5 Å². The van der Waals surface area contributed by atoms with Crippen molar-refractivity contribution in [3.8, 4) is 0 Å². The van der Waals surface area contributed by atoms with E-state index in [0.29, 0.717) is 18.5 Å². The van der Waals surface area contributed by atoms with Crippen molar-refractivity contribution in [2.45, 2.75) is 77.7 Å². The van der Waals surface area contributed by atoms with Gasteiger partial charge in [0.25, 0.3) is 0 Å². The first kappa shape index (κ1) is 24.7. The van der Waals surface area contributed by atoms with E-state index >= 15 is 0 Å². The number of hydrogen-bond acceptors (Lipinski definition) is 6. The van der Waals surface area contributed by atoms with Gasteiger partial charge >= 0.3 is 5.97 Å². The zero-order valence-electron chi connectivity index (χ0n) is 20.7. The second-order valence-electron chi connectivity index (χ2n) is 9.94. The molecule has 7 atom stereocenters. The van der Waals surface area contributed by atoms with Crippen LogP contribution in [0.2, 0.25) is 0 Å². The van der Waals surface area contributed by atoms with Gasteiger partial charge in [0.05, 0.1) is 37.2 Å². The van der Waals surface area contributed by atoms with Crippen molar-refractivity contribution in [3.05, 3.63) is 29.3 Å². The summed E-state index contributed by atoms with van der Waals surface area (Å²) in [5.74, 6) is -2.68. The van der Waals surface area contributed by atoms with Gasteiger partial charge in [0.2, 0.25) is 11.8 Å². The van der Waals surface area contributed by atoms with Gasteiger partial charge in [-0.25, -0.2) is 0 Å². The Hall–Kier alpha value is -2.45. The minimum Gasteiger partial charge on any atom is -0.466 e. The number of rotatable bonds is 8. The van der Waals surface area contributed by atoms with Crippen LogP contribution in [0, 0.1) is 31.6 Å². The summed E-state index contributed by atoms with van der Waals surface area (Å²) in [4.78, 5) is 42.3. The van der Waals surface area contributed by atoms with E-state index in [-0.39, 0.29) is 30.9 Å². The van der Waals surface area contributed by atoms with Gasteiger partial charge in [0.1, 0.15) is 11.6 Å². The molecular weight excluding hydrogens is 436 g/mol. The van der Waals surface area contributed by atoms with Crippen LogP contribution in [0.1, 0.15) is 51.2 Å². The van der Waals surface area contributed by atoms with Gasteiger partial charge < -0.3 is 24.8 Å². The Kier molecular flexibility index (Phi) is 6.75. The minimum atomic E-state index is -1.11. The molecule has 3 aliphatic rings. The standard InChI is InChI=1S/C26H36N2O6/c1-6-14(3)17(13-29)28-22(23(30)27-21-15(4)9-8-10-16(21)5)26-12-11-18(34-26)19(20(26)24(28)31)25(32)33-7-2/h8-10,14,17-20,22,29H,6-7,11-13H2,1-5H3,(H,27,30)/t14-,17-,18+,19-,20-,22+,26-/m0/s1. The van der Waals surface area contributed by atoms with Gasteiger partial charge in [-0.2, -0.15) is 0 Å². The lowest BCUT2D eigenvalue weighted by atomic mass is 9.70. The van der Waals surface area contributed by atoms with Crippen LogP contribution in [-0.2, 0) is 23.9 Å². The van der Waals surface area contributed by atoms with Crippen LogP contribution < -0.4 is 5.32 Å². The number of anilines is 1. The molecule has 0 radical (unpaired) electrons. The molecule has 0 saturated carbocycles. The van der Waals surface area contributed by atoms with Gasteiger partial charge in [0.15, 0.2) is 0 Å². The van der Waals surface area contributed by atoms with Gasteiger partial charge in [-0.15, -0.1) is 0 Å². The average Bonchev–Trinajstić information content (AvgIpc) is 3.44. The Morgan fingerprint density at radius 1 is 1.29 bits per heavy atom. The molecule has 4 rings (SSSR count). The summed E-state index contributed by atoms with van der Waals surface area (Å²) in [6.45, 7) is 9.46. The number of carbonyl (C=O) groups is 3. The van der Waals surface area contributed by atoms with E-state index in [1.165, 1.54) is 4.90 Å². The molecule has 0 aromatic heterocycles. The van der Waals surface area contributed by atoms with E-state index in [1.54, 1.807) is 6.92 Å². The Morgan fingerprint density at radius 2 is 1.97 bits per heavy atom. The molecule has 3 fully saturated rings. The molecule has 1 aromatic rings. The number of benzene rings is 1. The molecule has 8 heteroatoms. The number of nitrogens with one attached hydrogen (secondary N) is 1. The Bertz CT molecular complexity index is 960. The number of aryl methyl sites for hydroxylation is 2. The second kappa shape index (κ2) is 9.30. The van der Waals surface area contributed by atoms with Crippen LogP contribution in [0.4, 0.5) is 5.69 Å². The van der Waals surface area contributed by atoms with Gasteiger partial charge in [0, 0.05) is 5.69 Å². The number of ether oxygens (including phenoxy) is 2. The molecule has 3 heterocycles. The van der Waals surface area contributed by atoms with Gasteiger partial charge in [-0.1, -0.05) is 38.5 Å². The number of fused-ring (bicyclic) bond motifs is 1. The van der Waals surface area contributed by atoms with Crippen LogP contribution >= 0.6 is 0 Å². The summed E-state index contributed by atoms with van der Waals surface area (Å²) in [5.41, 5.74) is 1.43. The van der Waals surface area contributed by atoms with Crippen molar-refractivity contribution in [2.24, 2.45) is 17.8 Å². The number of nitrogens with zero attached hydrogens (tertiary/aromatic N) is 1. The SMILES string of the molecule is CCOC(=O)[C@@H]1[C@H]2C(=O)N([C@@H](CO)[C@@H](C)CC)[C@H](C(=O)Nc3c(C)cccc3C)[C@]23CC[C@H]1O3. The van der Waals surface area contributed by atoms with E-state index < -0.39 is 41.6 Å². The molecule has 3 aliphatic heterocycles. The van der Waals surface area contributed by atoms with E-state index in [9.17, 15) is 19.5 Å². The lowest BCUT2D eigenvalue weighted by Crippen LogP contribution is -2.57. The number of carbonyl (C=O) groups excluding carboxylic acids is 3. The topological polar surface area (TPSA) is 105 Å². The van der Waals surface area contributed by atoms with Crippen LogP contribution in [0.5, 0.6) is 0 Å². The number of amides is 2. The number of hydrogen-bond donors (Lipinski definition) is 2. The molecule has 186 valence electrons. The number of aliphatic hydroxyl groups is 1. The number of para-hydroxylation sites is 1. The monoisotopic (exact) mass is 472 g/mol. The summed E-state index contributed by atoms with van der Waals surface area (Å²) in [5, 5.41) is 13.4. The van der Waals surface area contributed by atoms with E-state index in [0.717, 1.165) is 17.5 Å². The van der Waals surface area contributed by atoms with Crippen molar-refractivity contribution in [1.82, 2.24) is 4.90 Å². The van der Waals surface area contributed by atoms with Gasteiger partial charge in [-0.05, 0) is 50.7 Å². The molecular formula is C26H36N2O6. The third kappa shape index (κ3) is 3.62. The highest BCUT2D eigenvalue weighted by molar-refractivity contribution is 6.04. The molecule has 34 heavy (non-hydrogen) atoms. The highest BCUT2D eigenvalue weighted by Crippen LogP contribution is 2.59. The van der Waals surface area contributed by atoms with E-state index in [2.05, 4.69) is 5.32 Å².